The summed E-state index contributed by atoms with van der Waals surface area (Å²) in [7, 11) is 1.99. The minimum Gasteiger partial charge on any atom is -0.338 e. The van der Waals surface area contributed by atoms with Gasteiger partial charge in [-0.3, -0.25) is 9.69 Å². The zero-order valence-corrected chi connectivity index (χ0v) is 14.6. The van der Waals surface area contributed by atoms with Crippen molar-refractivity contribution in [3.63, 3.8) is 0 Å². The van der Waals surface area contributed by atoms with Gasteiger partial charge in [0.05, 0.1) is 11.6 Å². The number of fused-ring (bicyclic) bond motifs is 1. The van der Waals surface area contributed by atoms with Crippen molar-refractivity contribution in [2.75, 3.05) is 18.9 Å². The molecular weight excluding hydrogens is 331 g/mol. The van der Waals surface area contributed by atoms with Crippen molar-refractivity contribution < 1.29 is 9.18 Å². The molecule has 0 saturated carbocycles. The van der Waals surface area contributed by atoms with Crippen molar-refractivity contribution in [2.45, 2.75) is 25.3 Å². The third-order valence-corrected chi connectivity index (χ3v) is 4.96. The first-order chi connectivity index (χ1) is 12.6. The molecule has 2 N–H and O–H groups in total. The van der Waals surface area contributed by atoms with E-state index in [2.05, 4.69) is 20.2 Å². The number of likely N-dealkylation sites (tertiary alicyclic amines) is 1. The highest BCUT2D eigenvalue weighted by atomic mass is 19.1. The van der Waals surface area contributed by atoms with Gasteiger partial charge >= 0.3 is 0 Å². The Morgan fingerprint density at radius 3 is 2.77 bits per heavy atom. The maximum absolute atomic E-state index is 13.8. The lowest BCUT2D eigenvalue weighted by molar-refractivity contribution is -0.121. The highest BCUT2D eigenvalue weighted by Gasteiger charge is 2.25. The summed E-state index contributed by atoms with van der Waals surface area (Å²) in [5, 5.41) is 2.99. The zero-order valence-electron chi connectivity index (χ0n) is 14.6. The minimum absolute atomic E-state index is 0.0331. The van der Waals surface area contributed by atoms with Crippen LogP contribution in [0.3, 0.4) is 0 Å². The molecule has 26 heavy (non-hydrogen) atoms. The molecule has 0 spiro atoms. The van der Waals surface area contributed by atoms with Gasteiger partial charge in [-0.15, -0.1) is 0 Å². The maximum atomic E-state index is 13.8. The second kappa shape index (κ2) is 6.88. The number of amides is 1. The molecule has 5 nitrogen and oxygen atoms in total. The number of nitrogens with one attached hydrogen (secondary N) is 2. The van der Waals surface area contributed by atoms with Gasteiger partial charge in [-0.25, -0.2) is 9.37 Å². The van der Waals surface area contributed by atoms with Crippen LogP contribution in [0.2, 0.25) is 0 Å². The van der Waals surface area contributed by atoms with E-state index in [-0.39, 0.29) is 17.8 Å². The molecule has 6 heteroatoms. The number of imidazole rings is 1. The average molecular weight is 352 g/mol. The Morgan fingerprint density at radius 2 is 2.04 bits per heavy atom. The molecule has 2 aromatic carbocycles. The first-order valence-electron chi connectivity index (χ1n) is 8.87. The summed E-state index contributed by atoms with van der Waals surface area (Å²) in [6.45, 7) is 0.958. The lowest BCUT2D eigenvalue weighted by Gasteiger charge is -2.31. The number of hydrogen-bond donors (Lipinski definition) is 2. The lowest BCUT2D eigenvalue weighted by atomic mass is 10.0. The number of H-pyrrole nitrogens is 1. The van der Waals surface area contributed by atoms with E-state index in [4.69, 9.17) is 0 Å². The van der Waals surface area contributed by atoms with Gasteiger partial charge in [0.2, 0.25) is 5.91 Å². The van der Waals surface area contributed by atoms with E-state index in [0.29, 0.717) is 16.9 Å². The van der Waals surface area contributed by atoms with E-state index < -0.39 is 0 Å². The van der Waals surface area contributed by atoms with E-state index in [9.17, 15) is 9.18 Å². The van der Waals surface area contributed by atoms with Crippen LogP contribution in [0.15, 0.2) is 42.5 Å². The van der Waals surface area contributed by atoms with Crippen molar-refractivity contribution in [2.24, 2.45) is 0 Å². The summed E-state index contributed by atoms with van der Waals surface area (Å²) < 4.78 is 13.8. The van der Waals surface area contributed by atoms with Crippen LogP contribution >= 0.6 is 0 Å². The van der Waals surface area contributed by atoms with E-state index >= 15 is 0 Å². The minimum atomic E-state index is -0.342. The number of piperidine rings is 1. The average Bonchev–Trinajstić information content (AvgIpc) is 3.08. The molecule has 1 atom stereocenters. The molecule has 0 radical (unpaired) electrons. The Morgan fingerprint density at radius 1 is 1.23 bits per heavy atom. The highest BCUT2D eigenvalue weighted by Crippen LogP contribution is 2.24. The van der Waals surface area contributed by atoms with Gasteiger partial charge in [0.1, 0.15) is 11.3 Å². The lowest BCUT2D eigenvalue weighted by Crippen LogP contribution is -2.44. The molecule has 0 aliphatic carbocycles. The van der Waals surface area contributed by atoms with E-state index in [0.717, 1.165) is 37.1 Å². The summed E-state index contributed by atoms with van der Waals surface area (Å²) in [5.41, 5.74) is 2.59. The van der Waals surface area contributed by atoms with Gasteiger partial charge in [-0.05, 0) is 62.8 Å². The number of likely N-dealkylation sites (N-methyl/N-ethyl adjacent to an activating group) is 1. The van der Waals surface area contributed by atoms with Crippen LogP contribution in [0.4, 0.5) is 10.1 Å². The number of anilines is 1. The fourth-order valence-corrected chi connectivity index (χ4v) is 3.48. The maximum Gasteiger partial charge on any atom is 0.241 e. The van der Waals surface area contributed by atoms with E-state index in [1.54, 1.807) is 12.1 Å². The van der Waals surface area contributed by atoms with Crippen LogP contribution < -0.4 is 5.32 Å². The molecule has 4 rings (SSSR count). The Bertz CT molecular complexity index is 935. The number of rotatable bonds is 3. The summed E-state index contributed by atoms with van der Waals surface area (Å²) in [5.74, 6) is 0.297. The molecule has 2 heterocycles. The second-order valence-corrected chi connectivity index (χ2v) is 6.78. The number of aromatic nitrogens is 2. The van der Waals surface area contributed by atoms with Crippen molar-refractivity contribution in [1.29, 1.82) is 0 Å². The summed E-state index contributed by atoms with van der Waals surface area (Å²) in [6.07, 6.45) is 3.13. The van der Waals surface area contributed by atoms with Crippen molar-refractivity contribution in [3.05, 3.63) is 48.3 Å². The van der Waals surface area contributed by atoms with Crippen molar-refractivity contribution in [1.82, 2.24) is 14.9 Å². The number of nitrogens with zero attached hydrogens (tertiary/aromatic N) is 2. The third kappa shape index (κ3) is 3.20. The smallest absolute Gasteiger partial charge is 0.241 e. The Kier molecular flexibility index (Phi) is 4.42. The molecule has 134 valence electrons. The topological polar surface area (TPSA) is 61.0 Å². The molecule has 1 aliphatic rings. The molecule has 1 aliphatic heterocycles. The predicted octanol–water partition coefficient (Wildman–Crippen LogP) is 3.79. The molecule has 1 fully saturated rings. The number of carbonyl (C=O) groups excluding carboxylic acids is 1. The molecular formula is C20H21FN4O. The zero-order chi connectivity index (χ0) is 18.1. The molecule has 0 unspecified atom stereocenters. The van der Waals surface area contributed by atoms with Crippen LogP contribution in [0.25, 0.3) is 22.4 Å². The molecule has 1 amide bonds. The molecule has 1 saturated heterocycles. The fraction of sp³-hybridized carbons (Fsp3) is 0.300. The Balaban J connectivity index is 1.51. The standard InChI is InChI=1S/C20H21FN4O/c1-25-12-3-2-7-17(25)20(26)22-14-10-8-13(9-11-14)19-23-16-6-4-5-15(21)18(16)24-19/h4-6,8-11,17H,2-3,7,12H2,1H3,(H,22,26)(H,23,24)/t17-/m1/s1. The predicted molar refractivity (Wildman–Crippen MR) is 100 cm³/mol. The summed E-state index contributed by atoms with van der Waals surface area (Å²) in [6, 6.07) is 12.2. The van der Waals surface area contributed by atoms with Gasteiger partial charge < -0.3 is 10.3 Å². The third-order valence-electron chi connectivity index (χ3n) is 4.96. The fourth-order valence-electron chi connectivity index (χ4n) is 3.48. The number of carbonyl (C=O) groups is 1. The number of aromatic amines is 1. The number of benzene rings is 2. The van der Waals surface area contributed by atoms with Crippen LogP contribution in [-0.2, 0) is 4.79 Å². The Hall–Kier alpha value is -2.73. The molecule has 0 bridgehead atoms. The number of para-hydroxylation sites is 1. The monoisotopic (exact) mass is 352 g/mol. The van der Waals surface area contributed by atoms with Crippen LogP contribution in [0.1, 0.15) is 19.3 Å². The van der Waals surface area contributed by atoms with Gasteiger partial charge in [-0.2, -0.15) is 0 Å². The van der Waals surface area contributed by atoms with Gasteiger partial charge in [0, 0.05) is 11.3 Å². The SMILES string of the molecule is CN1CCCC[C@@H]1C(=O)Nc1ccc(-c2nc3c(F)cccc3[nH]2)cc1. The van der Waals surface area contributed by atoms with Gasteiger partial charge in [0.25, 0.3) is 0 Å². The van der Waals surface area contributed by atoms with E-state index in [1.165, 1.54) is 6.07 Å². The number of hydrogen-bond acceptors (Lipinski definition) is 3. The summed E-state index contributed by atoms with van der Waals surface area (Å²) in [4.78, 5) is 22.0. The van der Waals surface area contributed by atoms with E-state index in [1.807, 2.05) is 31.3 Å². The van der Waals surface area contributed by atoms with Crippen LogP contribution in [-0.4, -0.2) is 40.4 Å². The first kappa shape index (κ1) is 16.7. The first-order valence-corrected chi connectivity index (χ1v) is 8.87. The van der Waals surface area contributed by atoms with Gasteiger partial charge in [0.15, 0.2) is 5.82 Å². The van der Waals surface area contributed by atoms with Crippen LogP contribution in [0.5, 0.6) is 0 Å². The highest BCUT2D eigenvalue weighted by molar-refractivity contribution is 5.95. The normalized spacial score (nSPS) is 18.2. The molecule has 3 aromatic rings. The van der Waals surface area contributed by atoms with Gasteiger partial charge in [-0.1, -0.05) is 12.5 Å². The van der Waals surface area contributed by atoms with Crippen LogP contribution in [0, 0.1) is 5.82 Å². The molecule has 1 aromatic heterocycles. The second-order valence-electron chi connectivity index (χ2n) is 6.78. The van der Waals surface area contributed by atoms with Crippen molar-refractivity contribution >= 4 is 22.6 Å². The Labute approximate surface area is 151 Å². The number of halogens is 1. The largest absolute Gasteiger partial charge is 0.338 e. The van der Waals surface area contributed by atoms with Crippen molar-refractivity contribution in [3.8, 4) is 11.4 Å². The summed E-state index contributed by atoms with van der Waals surface area (Å²) >= 11 is 0. The quantitative estimate of drug-likeness (QED) is 0.754.